The SMILES string of the molecule is CCC(C)(C)NC(=O)[C@H](c1ccc(O)cc1)N(Cc1cccs1)C(=O)c1snc(C(N)=O)c1N. The zero-order valence-corrected chi connectivity index (χ0v) is 20.7. The van der Waals surface area contributed by atoms with E-state index in [-0.39, 0.29) is 34.5 Å². The number of nitrogen functional groups attached to an aromatic ring is 1. The highest BCUT2D eigenvalue weighted by molar-refractivity contribution is 7.10. The number of aromatic nitrogens is 1. The number of carbonyl (C=O) groups excluding carboxylic acids is 3. The Labute approximate surface area is 205 Å². The van der Waals surface area contributed by atoms with Crippen molar-refractivity contribution < 1.29 is 19.5 Å². The van der Waals surface area contributed by atoms with Gasteiger partial charge >= 0.3 is 0 Å². The minimum Gasteiger partial charge on any atom is -0.508 e. The van der Waals surface area contributed by atoms with Crippen LogP contribution in [0.5, 0.6) is 5.75 Å². The third-order valence-corrected chi connectivity index (χ3v) is 7.15. The number of rotatable bonds is 9. The van der Waals surface area contributed by atoms with Crippen LogP contribution >= 0.6 is 22.9 Å². The summed E-state index contributed by atoms with van der Waals surface area (Å²) in [4.78, 5) is 41.3. The van der Waals surface area contributed by atoms with Crippen molar-refractivity contribution in [1.82, 2.24) is 14.6 Å². The lowest BCUT2D eigenvalue weighted by atomic mass is 9.98. The molecule has 0 saturated carbocycles. The molecule has 0 aliphatic heterocycles. The van der Waals surface area contributed by atoms with Crippen molar-refractivity contribution in [1.29, 1.82) is 0 Å². The first-order chi connectivity index (χ1) is 16.0. The average Bonchev–Trinajstić information content (AvgIpc) is 3.43. The molecule has 2 aromatic heterocycles. The van der Waals surface area contributed by atoms with Crippen LogP contribution in [-0.2, 0) is 11.3 Å². The van der Waals surface area contributed by atoms with Gasteiger partial charge in [-0.3, -0.25) is 14.4 Å². The molecule has 2 heterocycles. The van der Waals surface area contributed by atoms with Gasteiger partial charge in [-0.05, 0) is 60.9 Å². The number of benzene rings is 1. The maximum atomic E-state index is 13.8. The molecule has 1 atom stereocenters. The van der Waals surface area contributed by atoms with E-state index in [1.54, 1.807) is 12.1 Å². The summed E-state index contributed by atoms with van der Waals surface area (Å²) in [7, 11) is 0. The number of phenols is 1. The average molecular weight is 502 g/mol. The van der Waals surface area contributed by atoms with Crippen molar-refractivity contribution in [3.63, 3.8) is 0 Å². The van der Waals surface area contributed by atoms with Crippen LogP contribution in [0, 0.1) is 0 Å². The number of thiophene rings is 1. The molecule has 11 heteroatoms. The van der Waals surface area contributed by atoms with Gasteiger partial charge in [-0.15, -0.1) is 11.3 Å². The molecular formula is C23H27N5O4S2. The third-order valence-electron chi connectivity index (χ3n) is 5.44. The summed E-state index contributed by atoms with van der Waals surface area (Å²) in [5.41, 5.74) is 11.1. The Morgan fingerprint density at radius 2 is 1.88 bits per heavy atom. The Morgan fingerprint density at radius 3 is 2.41 bits per heavy atom. The molecule has 0 unspecified atom stereocenters. The summed E-state index contributed by atoms with van der Waals surface area (Å²) < 4.78 is 3.94. The maximum absolute atomic E-state index is 13.8. The molecule has 34 heavy (non-hydrogen) atoms. The van der Waals surface area contributed by atoms with Crippen LogP contribution in [0.15, 0.2) is 41.8 Å². The third kappa shape index (κ3) is 5.54. The highest BCUT2D eigenvalue weighted by Crippen LogP contribution is 2.32. The van der Waals surface area contributed by atoms with E-state index in [4.69, 9.17) is 11.5 Å². The van der Waals surface area contributed by atoms with Crippen molar-refractivity contribution in [3.05, 3.63) is 62.8 Å². The van der Waals surface area contributed by atoms with Gasteiger partial charge in [-0.25, -0.2) is 0 Å². The number of hydrogen-bond donors (Lipinski definition) is 4. The summed E-state index contributed by atoms with van der Waals surface area (Å²) in [6.45, 7) is 5.86. The van der Waals surface area contributed by atoms with Gasteiger partial charge in [-0.2, -0.15) is 4.37 Å². The van der Waals surface area contributed by atoms with Gasteiger partial charge in [0.05, 0.1) is 12.2 Å². The number of phenolic OH excluding ortho intramolecular Hbond substituents is 1. The van der Waals surface area contributed by atoms with Crippen molar-refractivity contribution in [2.24, 2.45) is 5.73 Å². The van der Waals surface area contributed by atoms with Gasteiger partial charge in [0, 0.05) is 10.4 Å². The van der Waals surface area contributed by atoms with Gasteiger partial charge in [0.1, 0.15) is 16.7 Å². The summed E-state index contributed by atoms with van der Waals surface area (Å²) in [5.74, 6) is -1.75. The molecule has 0 aliphatic rings. The Bertz CT molecular complexity index is 1170. The molecule has 9 nitrogen and oxygen atoms in total. The summed E-state index contributed by atoms with van der Waals surface area (Å²) in [5, 5.41) is 14.7. The number of hydrogen-bond acceptors (Lipinski definition) is 8. The van der Waals surface area contributed by atoms with E-state index in [0.717, 1.165) is 16.4 Å². The van der Waals surface area contributed by atoms with Crippen molar-refractivity contribution in [2.75, 3.05) is 5.73 Å². The molecule has 0 bridgehead atoms. The number of nitrogens with one attached hydrogen (secondary N) is 1. The van der Waals surface area contributed by atoms with Gasteiger partial charge < -0.3 is 26.8 Å². The number of anilines is 1. The number of carbonyl (C=O) groups is 3. The normalized spacial score (nSPS) is 12.2. The second-order valence-corrected chi connectivity index (χ2v) is 10.2. The summed E-state index contributed by atoms with van der Waals surface area (Å²) in [6.07, 6.45) is 0.670. The molecule has 0 fully saturated rings. The fraction of sp³-hybridized carbons (Fsp3) is 0.304. The van der Waals surface area contributed by atoms with Gasteiger partial charge in [0.25, 0.3) is 11.8 Å². The van der Waals surface area contributed by atoms with Crippen LogP contribution in [0.1, 0.15) is 63.8 Å². The predicted octanol–water partition coefficient (Wildman–Crippen LogP) is 3.28. The second-order valence-electron chi connectivity index (χ2n) is 8.37. The van der Waals surface area contributed by atoms with Crippen molar-refractivity contribution in [2.45, 2.75) is 45.3 Å². The highest BCUT2D eigenvalue weighted by atomic mass is 32.1. The highest BCUT2D eigenvalue weighted by Gasteiger charge is 2.36. The molecule has 1 aromatic carbocycles. The Hall–Kier alpha value is -3.44. The van der Waals surface area contributed by atoms with Crippen molar-refractivity contribution >= 4 is 46.3 Å². The van der Waals surface area contributed by atoms with E-state index in [1.165, 1.54) is 28.4 Å². The molecule has 0 aliphatic carbocycles. The minimum absolute atomic E-state index is 0.0247. The fourth-order valence-electron chi connectivity index (χ4n) is 3.23. The fourth-order valence-corrected chi connectivity index (χ4v) is 4.69. The first-order valence-electron chi connectivity index (χ1n) is 10.5. The predicted molar refractivity (Wildman–Crippen MR) is 133 cm³/mol. The largest absolute Gasteiger partial charge is 0.508 e. The number of amides is 3. The monoisotopic (exact) mass is 501 g/mol. The first kappa shape index (κ1) is 25.2. The molecular weight excluding hydrogens is 474 g/mol. The molecule has 0 saturated heterocycles. The molecule has 3 rings (SSSR count). The zero-order valence-electron chi connectivity index (χ0n) is 19.1. The summed E-state index contributed by atoms with van der Waals surface area (Å²) in [6, 6.07) is 8.78. The van der Waals surface area contributed by atoms with Gasteiger partial charge in [0.15, 0.2) is 5.69 Å². The number of aromatic hydroxyl groups is 1. The zero-order chi connectivity index (χ0) is 25.0. The van der Waals surface area contributed by atoms with Crippen LogP contribution < -0.4 is 16.8 Å². The smallest absolute Gasteiger partial charge is 0.270 e. The van der Waals surface area contributed by atoms with Gasteiger partial charge in [-0.1, -0.05) is 25.1 Å². The second kappa shape index (κ2) is 10.2. The summed E-state index contributed by atoms with van der Waals surface area (Å²) >= 11 is 2.20. The van der Waals surface area contributed by atoms with Crippen LogP contribution in [-0.4, -0.2) is 37.6 Å². The van der Waals surface area contributed by atoms with E-state index in [2.05, 4.69) is 9.69 Å². The lowest BCUT2D eigenvalue weighted by Crippen LogP contribution is -2.50. The van der Waals surface area contributed by atoms with E-state index < -0.39 is 23.4 Å². The van der Waals surface area contributed by atoms with Crippen LogP contribution in [0.25, 0.3) is 0 Å². The van der Waals surface area contributed by atoms with E-state index in [0.29, 0.717) is 12.0 Å². The van der Waals surface area contributed by atoms with Crippen LogP contribution in [0.3, 0.4) is 0 Å². The standard InChI is InChI=1S/C23H27N5O4S2/c1-4-23(2,3)26-21(31)18(13-7-9-14(29)10-8-13)28(12-15-6-5-11-33-15)22(32)19-16(24)17(20(25)30)27-34-19/h5-11,18,29H,4,12,24H2,1-3H3,(H2,25,30)(H,26,31)/t18-/m0/s1. The molecule has 0 spiro atoms. The van der Waals surface area contributed by atoms with E-state index in [9.17, 15) is 19.5 Å². The molecule has 3 amide bonds. The topological polar surface area (TPSA) is 152 Å². The molecule has 3 aromatic rings. The first-order valence-corrected chi connectivity index (χ1v) is 12.2. The number of nitrogens with zero attached hydrogens (tertiary/aromatic N) is 2. The van der Waals surface area contributed by atoms with E-state index >= 15 is 0 Å². The lowest BCUT2D eigenvalue weighted by molar-refractivity contribution is -0.127. The Balaban J connectivity index is 2.13. The Morgan fingerprint density at radius 1 is 1.21 bits per heavy atom. The van der Waals surface area contributed by atoms with Crippen molar-refractivity contribution in [3.8, 4) is 5.75 Å². The molecule has 180 valence electrons. The minimum atomic E-state index is -1.04. The number of nitrogens with two attached hydrogens (primary N) is 2. The quantitative estimate of drug-likeness (QED) is 0.353. The van der Waals surface area contributed by atoms with Gasteiger partial charge in [0.2, 0.25) is 5.91 Å². The Kier molecular flexibility index (Phi) is 7.57. The molecule has 0 radical (unpaired) electrons. The lowest BCUT2D eigenvalue weighted by Gasteiger charge is -2.34. The number of primary amides is 1. The maximum Gasteiger partial charge on any atom is 0.270 e. The van der Waals surface area contributed by atoms with Crippen LogP contribution in [0.2, 0.25) is 0 Å². The van der Waals surface area contributed by atoms with Crippen LogP contribution in [0.4, 0.5) is 5.69 Å². The molecule has 6 N–H and O–H groups in total. The van der Waals surface area contributed by atoms with E-state index in [1.807, 2.05) is 38.3 Å².